The zero-order valence-corrected chi connectivity index (χ0v) is 19.1. The van der Waals surface area contributed by atoms with Gasteiger partial charge in [-0.2, -0.15) is 5.26 Å². The molecule has 2 aromatic carbocycles. The number of fused-ring (bicyclic) bond motifs is 1. The third-order valence-electron chi connectivity index (χ3n) is 6.57. The first-order chi connectivity index (χ1) is 16.0. The first kappa shape index (κ1) is 21.0. The molecule has 5 heteroatoms. The summed E-state index contributed by atoms with van der Waals surface area (Å²) in [6.45, 7) is 10.7. The lowest BCUT2D eigenvalue weighted by molar-refractivity contribution is 0.207. The lowest BCUT2D eigenvalue weighted by atomic mass is 9.98. The Balaban J connectivity index is 1.46. The van der Waals surface area contributed by atoms with Gasteiger partial charge in [0.1, 0.15) is 5.65 Å². The van der Waals surface area contributed by atoms with E-state index in [0.29, 0.717) is 5.56 Å². The van der Waals surface area contributed by atoms with Gasteiger partial charge in [0.2, 0.25) is 0 Å². The van der Waals surface area contributed by atoms with E-state index in [4.69, 9.17) is 5.26 Å². The fraction of sp³-hybridized carbons (Fsp3) is 0.214. The Morgan fingerprint density at radius 2 is 1.70 bits per heavy atom. The van der Waals surface area contributed by atoms with E-state index >= 15 is 0 Å². The largest absolute Gasteiger partial charge is 0.369 e. The maximum atomic E-state index is 9.08. The van der Waals surface area contributed by atoms with Gasteiger partial charge in [0.25, 0.3) is 0 Å². The lowest BCUT2D eigenvalue weighted by Crippen LogP contribution is -2.43. The summed E-state index contributed by atoms with van der Waals surface area (Å²) in [7, 11) is 2.17. The summed E-state index contributed by atoms with van der Waals surface area (Å²) in [5.41, 5.74) is 9.45. The minimum atomic E-state index is 0.655. The summed E-state index contributed by atoms with van der Waals surface area (Å²) in [6.07, 6.45) is 4.03. The second kappa shape index (κ2) is 8.57. The minimum Gasteiger partial charge on any atom is -0.369 e. The Bertz CT molecular complexity index is 1370. The second-order valence-electron chi connectivity index (χ2n) is 8.75. The van der Waals surface area contributed by atoms with E-state index in [9.17, 15) is 0 Å². The summed E-state index contributed by atoms with van der Waals surface area (Å²) in [6, 6.07) is 20.6. The molecule has 1 saturated heterocycles. The topological polar surface area (TPSA) is 47.6 Å². The van der Waals surface area contributed by atoms with Gasteiger partial charge in [-0.15, -0.1) is 0 Å². The third kappa shape index (κ3) is 4.02. The number of pyridine rings is 1. The van der Waals surface area contributed by atoms with Gasteiger partial charge in [0, 0.05) is 43.6 Å². The van der Waals surface area contributed by atoms with Crippen LogP contribution in [0.15, 0.2) is 73.6 Å². The Labute approximate surface area is 194 Å². The number of aryl methyl sites for hydroxylation is 1. The molecular formula is C28H27N5. The molecule has 0 amide bonds. The van der Waals surface area contributed by atoms with Crippen LogP contribution in [0.3, 0.4) is 0 Å². The van der Waals surface area contributed by atoms with Crippen LogP contribution in [-0.4, -0.2) is 52.4 Å². The number of imidazole rings is 1. The van der Waals surface area contributed by atoms with E-state index in [1.165, 1.54) is 16.7 Å². The fourth-order valence-electron chi connectivity index (χ4n) is 4.50. The summed E-state index contributed by atoms with van der Waals surface area (Å²) in [5.74, 6) is 0. The fourth-order valence-corrected chi connectivity index (χ4v) is 4.50. The van der Waals surface area contributed by atoms with Crippen LogP contribution in [0, 0.1) is 18.3 Å². The molecule has 164 valence electrons. The van der Waals surface area contributed by atoms with Crippen LogP contribution in [0.4, 0.5) is 0 Å². The summed E-state index contributed by atoms with van der Waals surface area (Å²) in [4.78, 5) is 9.31. The molecule has 33 heavy (non-hydrogen) atoms. The van der Waals surface area contributed by atoms with Crippen LogP contribution < -0.4 is 0 Å². The van der Waals surface area contributed by atoms with E-state index in [1.54, 1.807) is 0 Å². The van der Waals surface area contributed by atoms with Crippen LogP contribution in [0.2, 0.25) is 0 Å². The Kier molecular flexibility index (Phi) is 5.45. The predicted octanol–water partition coefficient (Wildman–Crippen LogP) is 5.07. The van der Waals surface area contributed by atoms with Crippen molar-refractivity contribution in [2.75, 3.05) is 33.2 Å². The Morgan fingerprint density at radius 3 is 2.39 bits per heavy atom. The molecule has 1 aliphatic heterocycles. The molecular weight excluding hydrogens is 406 g/mol. The highest BCUT2D eigenvalue weighted by Crippen LogP contribution is 2.30. The third-order valence-corrected chi connectivity index (χ3v) is 6.57. The molecule has 0 radical (unpaired) electrons. The number of piperazine rings is 1. The molecule has 5 nitrogen and oxygen atoms in total. The van der Waals surface area contributed by atoms with Crippen molar-refractivity contribution >= 4 is 11.3 Å². The van der Waals surface area contributed by atoms with Crippen molar-refractivity contribution in [2.45, 2.75) is 6.92 Å². The number of rotatable bonds is 4. The van der Waals surface area contributed by atoms with Crippen molar-refractivity contribution in [2.24, 2.45) is 0 Å². The van der Waals surface area contributed by atoms with Crippen molar-refractivity contribution in [3.63, 3.8) is 0 Å². The number of nitrogens with zero attached hydrogens (tertiary/aromatic N) is 5. The summed E-state index contributed by atoms with van der Waals surface area (Å²) < 4.78 is 2.12. The summed E-state index contributed by atoms with van der Waals surface area (Å²) >= 11 is 0. The molecule has 1 aliphatic rings. The van der Waals surface area contributed by atoms with Crippen LogP contribution in [-0.2, 0) is 0 Å². The molecule has 2 aromatic heterocycles. The van der Waals surface area contributed by atoms with Crippen molar-refractivity contribution in [1.29, 1.82) is 5.26 Å². The van der Waals surface area contributed by atoms with Crippen LogP contribution in [0.5, 0.6) is 0 Å². The van der Waals surface area contributed by atoms with Gasteiger partial charge >= 0.3 is 0 Å². The van der Waals surface area contributed by atoms with Gasteiger partial charge in [-0.05, 0) is 66.6 Å². The van der Waals surface area contributed by atoms with Crippen LogP contribution in [0.1, 0.15) is 16.7 Å². The molecule has 0 bridgehead atoms. The van der Waals surface area contributed by atoms with Gasteiger partial charge in [0.05, 0.1) is 23.5 Å². The molecule has 1 fully saturated rings. The van der Waals surface area contributed by atoms with E-state index in [1.807, 2.05) is 30.5 Å². The zero-order valence-electron chi connectivity index (χ0n) is 19.1. The highest BCUT2D eigenvalue weighted by atomic mass is 15.2. The van der Waals surface area contributed by atoms with E-state index < -0.39 is 0 Å². The van der Waals surface area contributed by atoms with Gasteiger partial charge in [-0.25, -0.2) is 4.98 Å². The maximum absolute atomic E-state index is 9.08. The van der Waals surface area contributed by atoms with Gasteiger partial charge in [-0.1, -0.05) is 30.8 Å². The molecule has 5 rings (SSSR count). The molecule has 0 saturated carbocycles. The van der Waals surface area contributed by atoms with Crippen molar-refractivity contribution in [3.05, 3.63) is 90.3 Å². The Hall–Kier alpha value is -3.88. The van der Waals surface area contributed by atoms with E-state index in [-0.39, 0.29) is 0 Å². The van der Waals surface area contributed by atoms with Crippen molar-refractivity contribution in [3.8, 4) is 28.5 Å². The highest BCUT2D eigenvalue weighted by molar-refractivity contribution is 5.74. The maximum Gasteiger partial charge on any atom is 0.137 e. The number of aromatic nitrogens is 2. The molecule has 3 heterocycles. The average Bonchev–Trinajstić information content (AvgIpc) is 3.27. The van der Waals surface area contributed by atoms with Crippen LogP contribution >= 0.6 is 0 Å². The molecule has 0 aliphatic carbocycles. The van der Waals surface area contributed by atoms with Gasteiger partial charge in [-0.3, -0.25) is 4.40 Å². The second-order valence-corrected chi connectivity index (χ2v) is 8.75. The van der Waals surface area contributed by atoms with E-state index in [0.717, 1.165) is 54.3 Å². The first-order valence-electron chi connectivity index (χ1n) is 11.2. The minimum absolute atomic E-state index is 0.655. The molecule has 0 unspecified atom stereocenters. The van der Waals surface area contributed by atoms with Gasteiger partial charge in [0.15, 0.2) is 0 Å². The number of benzene rings is 2. The normalized spacial score (nSPS) is 14.4. The quantitative estimate of drug-likeness (QED) is 0.451. The van der Waals surface area contributed by atoms with E-state index in [2.05, 4.69) is 82.3 Å². The highest BCUT2D eigenvalue weighted by Gasteiger charge is 2.17. The number of likely N-dealkylation sites (N-methyl/N-ethyl adjacent to an activating group) is 1. The predicted molar refractivity (Wildman–Crippen MR) is 134 cm³/mol. The monoisotopic (exact) mass is 433 g/mol. The molecule has 0 atom stereocenters. The molecule has 0 N–H and O–H groups in total. The van der Waals surface area contributed by atoms with Crippen molar-refractivity contribution in [1.82, 2.24) is 19.2 Å². The number of nitriles is 1. The molecule has 0 spiro atoms. The lowest BCUT2D eigenvalue weighted by Gasteiger charge is -2.35. The number of hydrogen-bond acceptors (Lipinski definition) is 4. The number of hydrogen-bond donors (Lipinski definition) is 0. The smallest absolute Gasteiger partial charge is 0.137 e. The standard InChI is InChI=1S/C28H27N5/c1-20-16-24(21(2)32-14-12-31(3)13-15-32)8-10-26(20)25-9-11-28-30-18-27(33(28)19-25)23-6-4-22(17-29)5-7-23/h4-11,16,18-19H,2,12-15H2,1,3H3. The van der Waals surface area contributed by atoms with Gasteiger partial charge < -0.3 is 9.80 Å². The van der Waals surface area contributed by atoms with Crippen molar-refractivity contribution < 1.29 is 0 Å². The Morgan fingerprint density at radius 1 is 0.970 bits per heavy atom. The zero-order chi connectivity index (χ0) is 22.9. The molecule has 4 aromatic rings. The summed E-state index contributed by atoms with van der Waals surface area (Å²) in [5, 5.41) is 9.08. The first-order valence-corrected chi connectivity index (χ1v) is 11.2. The average molecular weight is 434 g/mol. The van der Waals surface area contributed by atoms with Crippen LogP contribution in [0.25, 0.3) is 33.7 Å². The SMILES string of the molecule is C=C(c1ccc(-c2ccc3ncc(-c4ccc(C#N)cc4)n3c2)c(C)c1)N1CCN(C)CC1.